The standard InChI is InChI=1S/C15H21NO3/c1-4-12(15(17)18)9-10-16-11(2)13-5-7-14(19-3)8-6-13/h5-9,11,16H,4,10H2,1-3H3,(H,17,18)/b12-9-. The van der Waals surface area contributed by atoms with E-state index >= 15 is 0 Å². The van der Waals surface area contributed by atoms with E-state index in [1.807, 2.05) is 38.1 Å². The molecule has 0 bridgehead atoms. The van der Waals surface area contributed by atoms with E-state index in [2.05, 4.69) is 5.32 Å². The van der Waals surface area contributed by atoms with Gasteiger partial charge in [0.2, 0.25) is 0 Å². The van der Waals surface area contributed by atoms with E-state index < -0.39 is 5.97 Å². The summed E-state index contributed by atoms with van der Waals surface area (Å²) >= 11 is 0. The van der Waals surface area contributed by atoms with Gasteiger partial charge >= 0.3 is 5.97 Å². The number of methoxy groups -OCH3 is 1. The highest BCUT2D eigenvalue weighted by Gasteiger charge is 2.06. The largest absolute Gasteiger partial charge is 0.497 e. The van der Waals surface area contributed by atoms with Crippen LogP contribution in [0.15, 0.2) is 35.9 Å². The summed E-state index contributed by atoms with van der Waals surface area (Å²) < 4.78 is 5.11. The van der Waals surface area contributed by atoms with E-state index in [-0.39, 0.29) is 6.04 Å². The van der Waals surface area contributed by atoms with E-state index in [1.54, 1.807) is 13.2 Å². The highest BCUT2D eigenvalue weighted by Crippen LogP contribution is 2.17. The smallest absolute Gasteiger partial charge is 0.331 e. The second-order valence-electron chi connectivity index (χ2n) is 4.29. The van der Waals surface area contributed by atoms with Gasteiger partial charge in [-0.15, -0.1) is 0 Å². The van der Waals surface area contributed by atoms with Crippen LogP contribution in [0.3, 0.4) is 0 Å². The summed E-state index contributed by atoms with van der Waals surface area (Å²) in [4.78, 5) is 10.8. The fraction of sp³-hybridized carbons (Fsp3) is 0.400. The van der Waals surface area contributed by atoms with Crippen LogP contribution in [0.2, 0.25) is 0 Å². The molecule has 1 unspecified atom stereocenters. The normalized spacial score (nSPS) is 13.1. The van der Waals surface area contributed by atoms with Crippen LogP contribution in [-0.4, -0.2) is 24.7 Å². The molecule has 2 N–H and O–H groups in total. The van der Waals surface area contributed by atoms with Crippen LogP contribution in [0.5, 0.6) is 5.75 Å². The van der Waals surface area contributed by atoms with Gasteiger partial charge in [-0.1, -0.05) is 25.1 Å². The zero-order valence-electron chi connectivity index (χ0n) is 11.6. The minimum absolute atomic E-state index is 0.161. The van der Waals surface area contributed by atoms with Gasteiger partial charge in [-0.3, -0.25) is 0 Å². The summed E-state index contributed by atoms with van der Waals surface area (Å²) in [5.74, 6) is -0.0172. The molecule has 4 nitrogen and oxygen atoms in total. The first-order valence-corrected chi connectivity index (χ1v) is 6.38. The molecular weight excluding hydrogens is 242 g/mol. The van der Waals surface area contributed by atoms with Crippen LogP contribution in [0.1, 0.15) is 31.9 Å². The first kappa shape index (κ1) is 15.2. The lowest BCUT2D eigenvalue weighted by Gasteiger charge is -2.13. The Morgan fingerprint density at radius 2 is 2.05 bits per heavy atom. The number of hydrogen-bond acceptors (Lipinski definition) is 3. The van der Waals surface area contributed by atoms with E-state index in [1.165, 1.54) is 0 Å². The van der Waals surface area contributed by atoms with E-state index in [4.69, 9.17) is 9.84 Å². The molecule has 1 aromatic rings. The SMILES string of the molecule is CC/C(=C/CNC(C)c1ccc(OC)cc1)C(=O)O. The third-order valence-electron chi connectivity index (χ3n) is 3.04. The maximum Gasteiger partial charge on any atom is 0.331 e. The van der Waals surface area contributed by atoms with Crippen LogP contribution in [0.4, 0.5) is 0 Å². The molecule has 0 aliphatic heterocycles. The Bertz CT molecular complexity index is 437. The number of nitrogens with one attached hydrogen (secondary N) is 1. The predicted molar refractivity (Wildman–Crippen MR) is 75.4 cm³/mol. The van der Waals surface area contributed by atoms with Crippen molar-refractivity contribution in [2.24, 2.45) is 0 Å². The van der Waals surface area contributed by atoms with Gasteiger partial charge in [0, 0.05) is 18.2 Å². The molecule has 0 radical (unpaired) electrons. The topological polar surface area (TPSA) is 58.6 Å². The molecule has 19 heavy (non-hydrogen) atoms. The number of ether oxygens (including phenoxy) is 1. The summed E-state index contributed by atoms with van der Waals surface area (Å²) in [6.07, 6.45) is 2.26. The van der Waals surface area contributed by atoms with Gasteiger partial charge in [-0.05, 0) is 31.0 Å². The third-order valence-corrected chi connectivity index (χ3v) is 3.04. The second kappa shape index (κ2) is 7.59. The van der Waals surface area contributed by atoms with Crippen LogP contribution >= 0.6 is 0 Å². The van der Waals surface area contributed by atoms with Crippen molar-refractivity contribution in [3.05, 3.63) is 41.5 Å². The average Bonchev–Trinajstić information content (AvgIpc) is 2.43. The van der Waals surface area contributed by atoms with Crippen LogP contribution in [0.25, 0.3) is 0 Å². The van der Waals surface area contributed by atoms with Crippen LogP contribution < -0.4 is 10.1 Å². The van der Waals surface area contributed by atoms with Crippen molar-refractivity contribution in [2.45, 2.75) is 26.3 Å². The number of rotatable bonds is 7. The molecule has 4 heteroatoms. The molecule has 0 amide bonds. The molecule has 104 valence electrons. The van der Waals surface area contributed by atoms with E-state index in [9.17, 15) is 4.79 Å². The number of benzene rings is 1. The Kier molecular flexibility index (Phi) is 6.09. The van der Waals surface area contributed by atoms with Gasteiger partial charge in [0.1, 0.15) is 5.75 Å². The monoisotopic (exact) mass is 263 g/mol. The highest BCUT2D eigenvalue weighted by molar-refractivity contribution is 5.86. The van der Waals surface area contributed by atoms with Crippen molar-refractivity contribution >= 4 is 5.97 Å². The van der Waals surface area contributed by atoms with Gasteiger partial charge in [-0.2, -0.15) is 0 Å². The van der Waals surface area contributed by atoms with Crippen molar-refractivity contribution in [3.63, 3.8) is 0 Å². The third kappa shape index (κ3) is 4.75. The first-order chi connectivity index (χ1) is 9.08. The van der Waals surface area contributed by atoms with Crippen molar-refractivity contribution in [2.75, 3.05) is 13.7 Å². The minimum Gasteiger partial charge on any atom is -0.497 e. The molecule has 1 atom stereocenters. The Labute approximate surface area is 114 Å². The number of hydrogen-bond donors (Lipinski definition) is 2. The zero-order valence-corrected chi connectivity index (χ0v) is 11.6. The summed E-state index contributed by atoms with van der Waals surface area (Å²) in [5, 5.41) is 12.2. The molecule has 0 saturated carbocycles. The van der Waals surface area contributed by atoms with Crippen molar-refractivity contribution in [1.29, 1.82) is 0 Å². The summed E-state index contributed by atoms with van der Waals surface area (Å²) in [7, 11) is 1.64. The van der Waals surface area contributed by atoms with Gasteiger partial charge < -0.3 is 15.2 Å². The fourth-order valence-corrected chi connectivity index (χ4v) is 1.75. The van der Waals surface area contributed by atoms with E-state index in [0.717, 1.165) is 11.3 Å². The lowest BCUT2D eigenvalue weighted by Crippen LogP contribution is -2.19. The predicted octanol–water partition coefficient (Wildman–Crippen LogP) is 2.77. The number of carbonyl (C=O) groups is 1. The fourth-order valence-electron chi connectivity index (χ4n) is 1.75. The lowest BCUT2D eigenvalue weighted by molar-refractivity contribution is -0.132. The number of aliphatic carboxylic acids is 1. The Morgan fingerprint density at radius 3 is 2.53 bits per heavy atom. The second-order valence-corrected chi connectivity index (χ2v) is 4.29. The molecule has 1 rings (SSSR count). The molecule has 0 saturated heterocycles. The first-order valence-electron chi connectivity index (χ1n) is 6.38. The van der Waals surface area contributed by atoms with Gasteiger partial charge in [0.25, 0.3) is 0 Å². The minimum atomic E-state index is -0.846. The molecule has 0 fully saturated rings. The molecule has 0 aromatic heterocycles. The Morgan fingerprint density at radius 1 is 1.42 bits per heavy atom. The Hall–Kier alpha value is -1.81. The molecule has 1 aromatic carbocycles. The lowest BCUT2D eigenvalue weighted by atomic mass is 10.1. The molecule has 0 aliphatic rings. The Balaban J connectivity index is 2.54. The van der Waals surface area contributed by atoms with Crippen molar-refractivity contribution in [3.8, 4) is 5.75 Å². The maximum atomic E-state index is 10.8. The average molecular weight is 263 g/mol. The highest BCUT2D eigenvalue weighted by atomic mass is 16.5. The van der Waals surface area contributed by atoms with Crippen molar-refractivity contribution in [1.82, 2.24) is 5.32 Å². The molecule has 0 spiro atoms. The van der Waals surface area contributed by atoms with E-state index in [0.29, 0.717) is 18.5 Å². The van der Waals surface area contributed by atoms with Crippen LogP contribution in [-0.2, 0) is 4.79 Å². The molecular formula is C15H21NO3. The van der Waals surface area contributed by atoms with Crippen LogP contribution in [0, 0.1) is 0 Å². The van der Waals surface area contributed by atoms with Gasteiger partial charge in [0.15, 0.2) is 0 Å². The molecule has 0 heterocycles. The zero-order chi connectivity index (χ0) is 14.3. The van der Waals surface area contributed by atoms with Gasteiger partial charge in [0.05, 0.1) is 7.11 Å². The number of carboxylic acid groups (broad SMARTS) is 1. The molecule has 0 aliphatic carbocycles. The summed E-state index contributed by atoms with van der Waals surface area (Å²) in [5.41, 5.74) is 1.58. The quantitative estimate of drug-likeness (QED) is 0.743. The number of carboxylic acids is 1. The maximum absolute atomic E-state index is 10.8. The summed E-state index contributed by atoms with van der Waals surface area (Å²) in [6.45, 7) is 4.43. The van der Waals surface area contributed by atoms with Gasteiger partial charge in [-0.25, -0.2) is 4.79 Å². The van der Waals surface area contributed by atoms with Crippen molar-refractivity contribution < 1.29 is 14.6 Å². The summed E-state index contributed by atoms with van der Waals surface area (Å²) in [6, 6.07) is 7.99.